The number of alkyl halides is 1. The van der Waals surface area contributed by atoms with E-state index >= 15 is 0 Å². The highest BCUT2D eigenvalue weighted by atomic mass is 79.9. The molecule has 15 heavy (non-hydrogen) atoms. The normalized spacial score (nSPS) is 20.7. The molecule has 0 N–H and O–H groups in total. The van der Waals surface area contributed by atoms with Gasteiger partial charge in [-0.05, 0) is 25.0 Å². The average Bonchev–Trinajstić information content (AvgIpc) is 2.77. The minimum Gasteiger partial charge on any atom is -0.495 e. The van der Waals surface area contributed by atoms with E-state index in [9.17, 15) is 0 Å². The van der Waals surface area contributed by atoms with Gasteiger partial charge in [0.25, 0.3) is 0 Å². The van der Waals surface area contributed by atoms with Gasteiger partial charge in [-0.15, -0.1) is 0 Å². The molecular weight excluding hydrogens is 256 g/mol. The number of methoxy groups -OCH3 is 1. The Morgan fingerprint density at radius 2 is 2.47 bits per heavy atom. The quantitative estimate of drug-likeness (QED) is 0.790. The van der Waals surface area contributed by atoms with E-state index in [1.807, 2.05) is 12.1 Å². The number of hydrogen-bond donors (Lipinski definition) is 0. The highest BCUT2D eigenvalue weighted by molar-refractivity contribution is 9.09. The highest BCUT2D eigenvalue weighted by Gasteiger charge is 2.24. The van der Waals surface area contributed by atoms with E-state index < -0.39 is 0 Å². The summed E-state index contributed by atoms with van der Waals surface area (Å²) in [6, 6.07) is 4.58. The van der Waals surface area contributed by atoms with Crippen molar-refractivity contribution in [2.75, 3.05) is 23.9 Å². The standard InChI is InChI=1S/C11H15BrN2O/c1-15-10-4-5-11(13-8-10)14-6-2-3-9(14)7-12/h4-5,8-9H,2-3,6-7H2,1H3. The second kappa shape index (κ2) is 4.84. The van der Waals surface area contributed by atoms with Crippen molar-refractivity contribution < 1.29 is 4.74 Å². The van der Waals surface area contributed by atoms with Crippen LogP contribution in [0.25, 0.3) is 0 Å². The van der Waals surface area contributed by atoms with Crippen LogP contribution in [-0.4, -0.2) is 30.0 Å². The number of ether oxygens (including phenoxy) is 1. The van der Waals surface area contributed by atoms with Crippen molar-refractivity contribution >= 4 is 21.7 Å². The first-order valence-electron chi connectivity index (χ1n) is 5.18. The van der Waals surface area contributed by atoms with Gasteiger partial charge in [0.15, 0.2) is 0 Å². The smallest absolute Gasteiger partial charge is 0.137 e. The summed E-state index contributed by atoms with van der Waals surface area (Å²) in [4.78, 5) is 6.77. The fourth-order valence-electron chi connectivity index (χ4n) is 1.96. The van der Waals surface area contributed by atoms with Gasteiger partial charge in [-0.1, -0.05) is 15.9 Å². The maximum absolute atomic E-state index is 5.09. The Labute approximate surface area is 98.6 Å². The van der Waals surface area contributed by atoms with Crippen molar-refractivity contribution in [3.63, 3.8) is 0 Å². The first kappa shape index (κ1) is 10.7. The predicted molar refractivity (Wildman–Crippen MR) is 65.0 cm³/mol. The summed E-state index contributed by atoms with van der Waals surface area (Å²) in [5.41, 5.74) is 0. The molecule has 0 radical (unpaired) electrons. The third-order valence-electron chi connectivity index (χ3n) is 2.81. The van der Waals surface area contributed by atoms with Crippen LogP contribution < -0.4 is 9.64 Å². The summed E-state index contributed by atoms with van der Waals surface area (Å²) in [5.74, 6) is 1.87. The third kappa shape index (κ3) is 2.25. The monoisotopic (exact) mass is 270 g/mol. The van der Waals surface area contributed by atoms with Crippen molar-refractivity contribution in [1.82, 2.24) is 4.98 Å². The minimum absolute atomic E-state index is 0.589. The Hall–Kier alpha value is -0.770. The zero-order valence-electron chi connectivity index (χ0n) is 8.82. The van der Waals surface area contributed by atoms with Crippen LogP contribution in [0.15, 0.2) is 18.3 Å². The van der Waals surface area contributed by atoms with E-state index in [0.29, 0.717) is 6.04 Å². The zero-order chi connectivity index (χ0) is 10.7. The number of halogens is 1. The predicted octanol–water partition coefficient (Wildman–Crippen LogP) is 2.45. The molecule has 1 saturated heterocycles. The van der Waals surface area contributed by atoms with Crippen LogP contribution in [0.3, 0.4) is 0 Å². The Morgan fingerprint density at radius 3 is 3.07 bits per heavy atom. The summed E-state index contributed by atoms with van der Waals surface area (Å²) in [6.07, 6.45) is 4.28. The summed E-state index contributed by atoms with van der Waals surface area (Å²) < 4.78 is 5.09. The lowest BCUT2D eigenvalue weighted by Crippen LogP contribution is -2.30. The zero-order valence-corrected chi connectivity index (χ0v) is 10.4. The van der Waals surface area contributed by atoms with Crippen LogP contribution in [0.4, 0.5) is 5.82 Å². The number of nitrogens with zero attached hydrogens (tertiary/aromatic N) is 2. The maximum atomic E-state index is 5.09. The van der Waals surface area contributed by atoms with Crippen molar-refractivity contribution in [2.45, 2.75) is 18.9 Å². The highest BCUT2D eigenvalue weighted by Crippen LogP contribution is 2.25. The lowest BCUT2D eigenvalue weighted by Gasteiger charge is -2.24. The molecule has 1 aliphatic heterocycles. The third-order valence-corrected chi connectivity index (χ3v) is 3.55. The molecule has 4 heteroatoms. The van der Waals surface area contributed by atoms with E-state index in [-0.39, 0.29) is 0 Å². The molecule has 1 unspecified atom stereocenters. The SMILES string of the molecule is COc1ccc(N2CCCC2CBr)nc1. The lowest BCUT2D eigenvalue weighted by molar-refractivity contribution is 0.413. The van der Waals surface area contributed by atoms with Crippen molar-refractivity contribution in [3.05, 3.63) is 18.3 Å². The molecular formula is C11H15BrN2O. The molecule has 1 atom stereocenters. The molecule has 0 aliphatic carbocycles. The van der Waals surface area contributed by atoms with Crippen LogP contribution >= 0.6 is 15.9 Å². The van der Waals surface area contributed by atoms with Gasteiger partial charge in [0.05, 0.1) is 13.3 Å². The number of aromatic nitrogens is 1. The molecule has 1 aromatic heterocycles. The average molecular weight is 271 g/mol. The molecule has 3 nitrogen and oxygen atoms in total. The van der Waals surface area contributed by atoms with Crippen LogP contribution in [0, 0.1) is 0 Å². The topological polar surface area (TPSA) is 25.4 Å². The molecule has 0 aromatic carbocycles. The number of pyridine rings is 1. The maximum Gasteiger partial charge on any atom is 0.137 e. The molecule has 2 heterocycles. The Balaban J connectivity index is 2.14. The molecule has 2 rings (SSSR count). The second-order valence-corrected chi connectivity index (χ2v) is 4.35. The van der Waals surface area contributed by atoms with Gasteiger partial charge in [-0.2, -0.15) is 0 Å². The van der Waals surface area contributed by atoms with Gasteiger partial charge in [0.2, 0.25) is 0 Å². The molecule has 0 spiro atoms. The van der Waals surface area contributed by atoms with Gasteiger partial charge >= 0.3 is 0 Å². The number of hydrogen-bond acceptors (Lipinski definition) is 3. The molecule has 1 aromatic rings. The van der Waals surface area contributed by atoms with E-state index in [0.717, 1.165) is 23.4 Å². The van der Waals surface area contributed by atoms with E-state index in [4.69, 9.17) is 4.74 Å². The number of anilines is 1. The fraction of sp³-hybridized carbons (Fsp3) is 0.545. The fourth-order valence-corrected chi connectivity index (χ4v) is 2.63. The van der Waals surface area contributed by atoms with Crippen molar-refractivity contribution in [3.8, 4) is 5.75 Å². The Kier molecular flexibility index (Phi) is 3.46. The largest absolute Gasteiger partial charge is 0.495 e. The molecule has 0 bridgehead atoms. The van der Waals surface area contributed by atoms with Gasteiger partial charge in [0.1, 0.15) is 11.6 Å². The minimum atomic E-state index is 0.589. The summed E-state index contributed by atoms with van der Waals surface area (Å²) in [6.45, 7) is 1.11. The summed E-state index contributed by atoms with van der Waals surface area (Å²) >= 11 is 3.55. The van der Waals surface area contributed by atoms with Gasteiger partial charge in [-0.3, -0.25) is 0 Å². The van der Waals surface area contributed by atoms with Gasteiger partial charge in [0, 0.05) is 17.9 Å². The van der Waals surface area contributed by atoms with Crippen LogP contribution in [0.1, 0.15) is 12.8 Å². The molecule has 82 valence electrons. The summed E-state index contributed by atoms with van der Waals surface area (Å²) in [5, 5.41) is 1.01. The van der Waals surface area contributed by atoms with E-state index in [2.05, 4.69) is 25.8 Å². The Morgan fingerprint density at radius 1 is 1.60 bits per heavy atom. The number of rotatable bonds is 3. The summed E-state index contributed by atoms with van der Waals surface area (Å²) in [7, 11) is 1.66. The lowest BCUT2D eigenvalue weighted by atomic mass is 10.2. The van der Waals surface area contributed by atoms with E-state index in [1.165, 1.54) is 12.8 Å². The molecule has 1 fully saturated rings. The Bertz CT molecular complexity index is 315. The molecule has 1 aliphatic rings. The van der Waals surface area contributed by atoms with Crippen molar-refractivity contribution in [2.24, 2.45) is 0 Å². The second-order valence-electron chi connectivity index (χ2n) is 3.70. The van der Waals surface area contributed by atoms with Crippen molar-refractivity contribution in [1.29, 1.82) is 0 Å². The first-order valence-corrected chi connectivity index (χ1v) is 6.30. The molecule has 0 amide bonds. The first-order chi connectivity index (χ1) is 7.35. The van der Waals surface area contributed by atoms with Gasteiger partial charge < -0.3 is 9.64 Å². The van der Waals surface area contributed by atoms with Crippen LogP contribution in [0.2, 0.25) is 0 Å². The van der Waals surface area contributed by atoms with Crippen LogP contribution in [-0.2, 0) is 0 Å². The van der Waals surface area contributed by atoms with Gasteiger partial charge in [-0.25, -0.2) is 4.98 Å². The van der Waals surface area contributed by atoms with Crippen LogP contribution in [0.5, 0.6) is 5.75 Å². The molecule has 0 saturated carbocycles. The van der Waals surface area contributed by atoms with E-state index in [1.54, 1.807) is 13.3 Å².